The van der Waals surface area contributed by atoms with Gasteiger partial charge in [0.1, 0.15) is 23.9 Å². The van der Waals surface area contributed by atoms with E-state index in [1.807, 2.05) is 20.8 Å². The molecule has 0 aliphatic carbocycles. The summed E-state index contributed by atoms with van der Waals surface area (Å²) in [6.45, 7) is 6.82. The Balaban J connectivity index is 2.67. The van der Waals surface area contributed by atoms with E-state index in [9.17, 15) is 0 Å². The Labute approximate surface area is 114 Å². The molecule has 0 aliphatic rings. The summed E-state index contributed by atoms with van der Waals surface area (Å²) in [5, 5.41) is 7.51. The van der Waals surface area contributed by atoms with Crippen LogP contribution in [0.4, 0.5) is 0 Å². The van der Waals surface area contributed by atoms with Crippen LogP contribution in [0, 0.1) is 5.41 Å². The van der Waals surface area contributed by atoms with Crippen molar-refractivity contribution in [2.24, 2.45) is 5.73 Å². The zero-order valence-electron chi connectivity index (χ0n) is 11.9. The smallest absolute Gasteiger partial charge is 0.134 e. The van der Waals surface area contributed by atoms with Crippen molar-refractivity contribution in [1.82, 2.24) is 0 Å². The largest absolute Gasteiger partial charge is 0.497 e. The third-order valence-corrected chi connectivity index (χ3v) is 2.35. The summed E-state index contributed by atoms with van der Waals surface area (Å²) in [5.41, 5.74) is 5.87. The second-order valence-electron chi connectivity index (χ2n) is 5.09. The van der Waals surface area contributed by atoms with Gasteiger partial charge in [0.2, 0.25) is 0 Å². The number of nitrogens with one attached hydrogen (secondary N) is 1. The summed E-state index contributed by atoms with van der Waals surface area (Å²) in [6.07, 6.45) is 0. The molecule has 0 radical (unpaired) electrons. The first-order valence-electron chi connectivity index (χ1n) is 6.12. The van der Waals surface area contributed by atoms with Crippen molar-refractivity contribution in [1.29, 1.82) is 5.41 Å². The molecule has 3 N–H and O–H groups in total. The average Bonchev–Trinajstić information content (AvgIpc) is 2.33. The van der Waals surface area contributed by atoms with Crippen molar-refractivity contribution in [3.8, 4) is 11.5 Å². The number of ether oxygens (including phenoxy) is 3. The average molecular weight is 266 g/mol. The molecule has 0 atom stereocenters. The van der Waals surface area contributed by atoms with Gasteiger partial charge in [-0.25, -0.2) is 0 Å². The molecule has 0 heterocycles. The van der Waals surface area contributed by atoms with Gasteiger partial charge in [0.15, 0.2) is 0 Å². The molecule has 1 aromatic carbocycles. The van der Waals surface area contributed by atoms with Crippen molar-refractivity contribution >= 4 is 5.84 Å². The van der Waals surface area contributed by atoms with Crippen molar-refractivity contribution in [2.75, 3.05) is 20.3 Å². The molecule has 0 saturated heterocycles. The number of rotatable bonds is 6. The van der Waals surface area contributed by atoms with E-state index in [2.05, 4.69) is 0 Å². The standard InChI is InChI=1S/C14H22N2O3/c1-14(2,3)19-8-7-18-12-9-10(17-4)5-6-11(12)13(15)16/h5-6,9H,7-8H2,1-4H3,(H3,15,16). The van der Waals surface area contributed by atoms with Crippen LogP contribution in [-0.4, -0.2) is 31.8 Å². The van der Waals surface area contributed by atoms with Gasteiger partial charge in [-0.15, -0.1) is 0 Å². The van der Waals surface area contributed by atoms with Crippen LogP contribution in [0.25, 0.3) is 0 Å². The number of amidine groups is 1. The second kappa shape index (κ2) is 6.43. The van der Waals surface area contributed by atoms with Crippen LogP contribution < -0.4 is 15.2 Å². The Morgan fingerprint density at radius 3 is 2.47 bits per heavy atom. The van der Waals surface area contributed by atoms with Crippen molar-refractivity contribution in [3.05, 3.63) is 23.8 Å². The minimum atomic E-state index is -0.193. The Morgan fingerprint density at radius 2 is 1.95 bits per heavy atom. The van der Waals surface area contributed by atoms with E-state index in [0.29, 0.717) is 30.3 Å². The second-order valence-corrected chi connectivity index (χ2v) is 5.09. The van der Waals surface area contributed by atoms with Crippen LogP contribution in [0.5, 0.6) is 11.5 Å². The molecule has 1 aromatic rings. The van der Waals surface area contributed by atoms with Gasteiger partial charge in [0, 0.05) is 6.07 Å². The fraction of sp³-hybridized carbons (Fsp3) is 0.500. The van der Waals surface area contributed by atoms with Crippen LogP contribution in [0.2, 0.25) is 0 Å². The zero-order valence-corrected chi connectivity index (χ0v) is 11.9. The van der Waals surface area contributed by atoms with E-state index < -0.39 is 0 Å². The van der Waals surface area contributed by atoms with E-state index in [0.717, 1.165) is 0 Å². The lowest BCUT2D eigenvalue weighted by atomic mass is 10.2. The van der Waals surface area contributed by atoms with E-state index in [4.69, 9.17) is 25.4 Å². The molecule has 106 valence electrons. The van der Waals surface area contributed by atoms with Crippen LogP contribution in [0.15, 0.2) is 18.2 Å². The molecular weight excluding hydrogens is 244 g/mol. The molecule has 5 nitrogen and oxygen atoms in total. The van der Waals surface area contributed by atoms with Crippen LogP contribution in [0.3, 0.4) is 0 Å². The lowest BCUT2D eigenvalue weighted by Gasteiger charge is -2.20. The summed E-state index contributed by atoms with van der Waals surface area (Å²) in [7, 11) is 1.58. The Bertz CT molecular complexity index is 439. The highest BCUT2D eigenvalue weighted by atomic mass is 16.5. The third kappa shape index (κ3) is 5.18. The Hall–Kier alpha value is -1.75. The SMILES string of the molecule is COc1ccc(C(=N)N)c(OCCOC(C)(C)C)c1. The lowest BCUT2D eigenvalue weighted by Crippen LogP contribution is -2.23. The van der Waals surface area contributed by atoms with E-state index in [-0.39, 0.29) is 11.4 Å². The van der Waals surface area contributed by atoms with Gasteiger partial charge in [-0.1, -0.05) is 0 Å². The zero-order chi connectivity index (χ0) is 14.5. The van der Waals surface area contributed by atoms with Crippen molar-refractivity contribution in [3.63, 3.8) is 0 Å². The maximum atomic E-state index is 7.51. The normalized spacial score (nSPS) is 11.2. The number of hydrogen-bond donors (Lipinski definition) is 2. The fourth-order valence-electron chi connectivity index (χ4n) is 1.47. The lowest BCUT2D eigenvalue weighted by molar-refractivity contribution is -0.0163. The fourth-order valence-corrected chi connectivity index (χ4v) is 1.47. The topological polar surface area (TPSA) is 77.6 Å². The minimum Gasteiger partial charge on any atom is -0.497 e. The number of hydrogen-bond acceptors (Lipinski definition) is 4. The predicted molar refractivity (Wildman–Crippen MR) is 75.2 cm³/mol. The van der Waals surface area contributed by atoms with Gasteiger partial charge in [-0.3, -0.25) is 5.41 Å². The van der Waals surface area contributed by atoms with E-state index >= 15 is 0 Å². The van der Waals surface area contributed by atoms with Crippen LogP contribution >= 0.6 is 0 Å². The van der Waals surface area contributed by atoms with Gasteiger partial charge in [-0.2, -0.15) is 0 Å². The maximum Gasteiger partial charge on any atom is 0.134 e. The molecule has 0 aliphatic heterocycles. The monoisotopic (exact) mass is 266 g/mol. The molecule has 0 saturated carbocycles. The molecule has 1 rings (SSSR count). The Kier molecular flexibility index (Phi) is 5.18. The summed E-state index contributed by atoms with van der Waals surface area (Å²) in [5.74, 6) is 1.16. The quantitative estimate of drug-likeness (QED) is 0.470. The van der Waals surface area contributed by atoms with Crippen LogP contribution in [0.1, 0.15) is 26.3 Å². The molecule has 0 spiro atoms. The highest BCUT2D eigenvalue weighted by molar-refractivity contribution is 5.97. The van der Waals surface area contributed by atoms with Gasteiger partial charge in [0.05, 0.1) is 24.9 Å². The van der Waals surface area contributed by atoms with Gasteiger partial charge >= 0.3 is 0 Å². The van der Waals surface area contributed by atoms with E-state index in [1.165, 1.54) is 0 Å². The molecule has 19 heavy (non-hydrogen) atoms. The number of benzene rings is 1. The highest BCUT2D eigenvalue weighted by Crippen LogP contribution is 2.24. The van der Waals surface area contributed by atoms with Gasteiger partial charge < -0.3 is 19.9 Å². The van der Waals surface area contributed by atoms with Crippen molar-refractivity contribution in [2.45, 2.75) is 26.4 Å². The first-order valence-corrected chi connectivity index (χ1v) is 6.12. The summed E-state index contributed by atoms with van der Waals surface area (Å²) < 4.78 is 16.3. The summed E-state index contributed by atoms with van der Waals surface area (Å²) >= 11 is 0. The highest BCUT2D eigenvalue weighted by Gasteiger charge is 2.11. The van der Waals surface area contributed by atoms with E-state index in [1.54, 1.807) is 25.3 Å². The molecular formula is C14H22N2O3. The third-order valence-electron chi connectivity index (χ3n) is 2.35. The molecule has 0 amide bonds. The summed E-state index contributed by atoms with van der Waals surface area (Å²) in [6, 6.07) is 5.17. The molecule has 0 fully saturated rings. The summed E-state index contributed by atoms with van der Waals surface area (Å²) in [4.78, 5) is 0. The maximum absolute atomic E-state index is 7.51. The molecule has 0 aromatic heterocycles. The van der Waals surface area contributed by atoms with Crippen LogP contribution in [-0.2, 0) is 4.74 Å². The van der Waals surface area contributed by atoms with Gasteiger partial charge in [0.25, 0.3) is 0 Å². The van der Waals surface area contributed by atoms with Crippen molar-refractivity contribution < 1.29 is 14.2 Å². The Morgan fingerprint density at radius 1 is 1.26 bits per heavy atom. The van der Waals surface area contributed by atoms with Gasteiger partial charge in [-0.05, 0) is 32.9 Å². The molecule has 5 heteroatoms. The molecule has 0 bridgehead atoms. The number of methoxy groups -OCH3 is 1. The minimum absolute atomic E-state index is 0.0330. The molecule has 0 unspecified atom stereocenters. The first kappa shape index (κ1) is 15.3. The number of nitrogens with two attached hydrogens (primary N) is 1. The first-order chi connectivity index (χ1) is 8.83. The predicted octanol–water partition coefficient (Wildman–Crippen LogP) is 2.17. The number of nitrogen functional groups attached to an aromatic ring is 1.